The molecular formula is C13H18ClN. The Balaban J connectivity index is 0.000000921. The van der Waals surface area contributed by atoms with Crippen molar-refractivity contribution < 1.29 is 0 Å². The molecule has 2 heteroatoms. The molecule has 0 amide bonds. The lowest BCUT2D eigenvalue weighted by molar-refractivity contribution is 0.912. The Morgan fingerprint density at radius 2 is 1.93 bits per heavy atom. The van der Waals surface area contributed by atoms with E-state index in [2.05, 4.69) is 13.0 Å². The molecule has 0 aliphatic carbocycles. The molecule has 0 aromatic heterocycles. The summed E-state index contributed by atoms with van der Waals surface area (Å²) in [6, 6.07) is 5.74. The van der Waals surface area contributed by atoms with Crippen molar-refractivity contribution in [2.45, 2.75) is 40.5 Å². The number of benzene rings is 1. The summed E-state index contributed by atoms with van der Waals surface area (Å²) in [7, 11) is 0. The summed E-state index contributed by atoms with van der Waals surface area (Å²) < 4.78 is 0. The second kappa shape index (κ2) is 7.31. The van der Waals surface area contributed by atoms with Crippen molar-refractivity contribution in [3.8, 4) is 6.07 Å². The fraction of sp³-hybridized carbons (Fsp3) is 0.462. The lowest BCUT2D eigenvalue weighted by Gasteiger charge is -2.07. The van der Waals surface area contributed by atoms with Gasteiger partial charge in [-0.15, -0.1) is 0 Å². The Morgan fingerprint density at radius 3 is 2.40 bits per heavy atom. The van der Waals surface area contributed by atoms with Crippen LogP contribution in [-0.2, 0) is 6.42 Å². The molecule has 0 unspecified atom stereocenters. The van der Waals surface area contributed by atoms with Crippen LogP contribution in [0.25, 0.3) is 0 Å². The summed E-state index contributed by atoms with van der Waals surface area (Å²) in [6.45, 7) is 8.06. The number of halogens is 1. The van der Waals surface area contributed by atoms with Crippen LogP contribution in [0.2, 0.25) is 5.02 Å². The van der Waals surface area contributed by atoms with Crippen LogP contribution < -0.4 is 0 Å². The third-order valence-corrected chi connectivity index (χ3v) is 2.52. The average molecular weight is 224 g/mol. The molecular weight excluding hydrogens is 206 g/mol. The minimum Gasteiger partial charge on any atom is -0.192 e. The summed E-state index contributed by atoms with van der Waals surface area (Å²) in [5.41, 5.74) is 2.87. The maximum Gasteiger partial charge on any atom is 0.0994 e. The normalized spacial score (nSPS) is 8.80. The molecule has 1 aromatic carbocycles. The minimum absolute atomic E-state index is 0.729. The lowest BCUT2D eigenvalue weighted by atomic mass is 10.00. The fourth-order valence-electron chi connectivity index (χ4n) is 1.40. The van der Waals surface area contributed by atoms with E-state index in [4.69, 9.17) is 16.9 Å². The molecule has 82 valence electrons. The molecule has 0 atom stereocenters. The molecule has 0 N–H and O–H groups in total. The Bertz CT molecular complexity index is 350. The Kier molecular flexibility index (Phi) is 6.83. The summed E-state index contributed by atoms with van der Waals surface area (Å²) in [6.07, 6.45) is 2.00. The van der Waals surface area contributed by atoms with Crippen molar-refractivity contribution in [1.82, 2.24) is 0 Å². The van der Waals surface area contributed by atoms with Gasteiger partial charge in [-0.1, -0.05) is 38.8 Å². The van der Waals surface area contributed by atoms with Gasteiger partial charge in [0.05, 0.1) is 11.6 Å². The number of rotatable bonds is 2. The Hall–Kier alpha value is -1.00. The van der Waals surface area contributed by atoms with Crippen molar-refractivity contribution in [1.29, 1.82) is 5.26 Å². The molecule has 0 bridgehead atoms. The van der Waals surface area contributed by atoms with Gasteiger partial charge in [0, 0.05) is 5.02 Å². The van der Waals surface area contributed by atoms with Crippen LogP contribution in [0.3, 0.4) is 0 Å². The van der Waals surface area contributed by atoms with E-state index in [0.29, 0.717) is 0 Å². The van der Waals surface area contributed by atoms with E-state index in [1.54, 1.807) is 12.1 Å². The van der Waals surface area contributed by atoms with Gasteiger partial charge in [0.15, 0.2) is 0 Å². The smallest absolute Gasteiger partial charge is 0.0994 e. The second-order valence-corrected chi connectivity index (χ2v) is 3.47. The zero-order valence-corrected chi connectivity index (χ0v) is 10.7. The van der Waals surface area contributed by atoms with Crippen molar-refractivity contribution >= 4 is 11.6 Å². The lowest BCUT2D eigenvalue weighted by Crippen LogP contribution is -1.93. The van der Waals surface area contributed by atoms with Crippen LogP contribution in [-0.4, -0.2) is 0 Å². The molecule has 15 heavy (non-hydrogen) atoms. The topological polar surface area (TPSA) is 23.8 Å². The van der Waals surface area contributed by atoms with Gasteiger partial charge in [0.2, 0.25) is 0 Å². The first kappa shape index (κ1) is 14.0. The van der Waals surface area contributed by atoms with E-state index in [1.165, 1.54) is 0 Å². The van der Waals surface area contributed by atoms with E-state index in [-0.39, 0.29) is 0 Å². The standard InChI is InChI=1S/C11H12ClN.C2H6/c1-3-4-10-8(2)9(7-13)5-6-11(10)12;1-2/h5-6H,3-4H2,1-2H3;1-2H3. The van der Waals surface area contributed by atoms with Gasteiger partial charge in [0.1, 0.15) is 0 Å². The van der Waals surface area contributed by atoms with E-state index in [1.807, 2.05) is 20.8 Å². The summed E-state index contributed by atoms with van der Waals surface area (Å²) >= 11 is 6.03. The molecule has 0 aliphatic rings. The molecule has 1 rings (SSSR count). The first-order chi connectivity index (χ1) is 7.20. The summed E-state index contributed by atoms with van der Waals surface area (Å²) in [4.78, 5) is 0. The second-order valence-electron chi connectivity index (χ2n) is 3.06. The zero-order valence-electron chi connectivity index (χ0n) is 9.89. The molecule has 1 aromatic rings. The van der Waals surface area contributed by atoms with Crippen molar-refractivity contribution in [3.63, 3.8) is 0 Å². The predicted octanol–water partition coefficient (Wildman–Crippen LogP) is 4.50. The number of hydrogen-bond acceptors (Lipinski definition) is 1. The van der Waals surface area contributed by atoms with Crippen LogP contribution in [0.4, 0.5) is 0 Å². The predicted molar refractivity (Wildman–Crippen MR) is 66.2 cm³/mol. The average Bonchev–Trinajstić information content (AvgIpc) is 2.27. The SMILES string of the molecule is CC.CCCc1c(Cl)ccc(C#N)c1C. The molecule has 0 saturated heterocycles. The van der Waals surface area contributed by atoms with E-state index in [9.17, 15) is 0 Å². The Labute approximate surface area is 97.7 Å². The Morgan fingerprint density at radius 1 is 1.33 bits per heavy atom. The van der Waals surface area contributed by atoms with Crippen LogP contribution >= 0.6 is 11.6 Å². The number of nitriles is 1. The van der Waals surface area contributed by atoms with Crippen LogP contribution in [0.5, 0.6) is 0 Å². The number of hydrogen-bond donors (Lipinski definition) is 0. The van der Waals surface area contributed by atoms with Crippen LogP contribution in [0, 0.1) is 18.3 Å². The maximum absolute atomic E-state index is 8.81. The third kappa shape index (κ3) is 3.57. The van der Waals surface area contributed by atoms with Crippen molar-refractivity contribution in [3.05, 3.63) is 33.8 Å². The highest BCUT2D eigenvalue weighted by molar-refractivity contribution is 6.31. The summed E-state index contributed by atoms with van der Waals surface area (Å²) in [5, 5.41) is 9.59. The number of nitrogens with zero attached hydrogens (tertiary/aromatic N) is 1. The quantitative estimate of drug-likeness (QED) is 0.724. The van der Waals surface area contributed by atoms with Gasteiger partial charge in [-0.3, -0.25) is 0 Å². The maximum atomic E-state index is 8.81. The van der Waals surface area contributed by atoms with Gasteiger partial charge in [-0.05, 0) is 36.6 Å². The van der Waals surface area contributed by atoms with Crippen molar-refractivity contribution in [2.75, 3.05) is 0 Å². The third-order valence-electron chi connectivity index (χ3n) is 2.16. The first-order valence-corrected chi connectivity index (χ1v) is 5.76. The van der Waals surface area contributed by atoms with Crippen LogP contribution in [0.1, 0.15) is 43.9 Å². The molecule has 0 saturated carbocycles. The van der Waals surface area contributed by atoms with E-state index >= 15 is 0 Å². The highest BCUT2D eigenvalue weighted by atomic mass is 35.5. The van der Waals surface area contributed by atoms with Gasteiger partial charge in [0.25, 0.3) is 0 Å². The molecule has 1 nitrogen and oxygen atoms in total. The van der Waals surface area contributed by atoms with Gasteiger partial charge in [-0.2, -0.15) is 5.26 Å². The van der Waals surface area contributed by atoms with E-state index in [0.717, 1.165) is 34.6 Å². The summed E-state index contributed by atoms with van der Waals surface area (Å²) in [5.74, 6) is 0. The zero-order chi connectivity index (χ0) is 11.8. The highest BCUT2D eigenvalue weighted by Gasteiger charge is 2.06. The monoisotopic (exact) mass is 223 g/mol. The van der Waals surface area contributed by atoms with Crippen LogP contribution in [0.15, 0.2) is 12.1 Å². The fourth-order valence-corrected chi connectivity index (χ4v) is 1.70. The molecule has 0 heterocycles. The van der Waals surface area contributed by atoms with Gasteiger partial charge in [-0.25, -0.2) is 0 Å². The largest absolute Gasteiger partial charge is 0.192 e. The molecule has 0 aliphatic heterocycles. The highest BCUT2D eigenvalue weighted by Crippen LogP contribution is 2.23. The molecule has 0 spiro atoms. The molecule has 0 fully saturated rings. The van der Waals surface area contributed by atoms with Gasteiger partial charge >= 0.3 is 0 Å². The van der Waals surface area contributed by atoms with E-state index < -0.39 is 0 Å². The first-order valence-electron chi connectivity index (χ1n) is 5.38. The van der Waals surface area contributed by atoms with Crippen molar-refractivity contribution in [2.24, 2.45) is 0 Å². The minimum atomic E-state index is 0.729. The van der Waals surface area contributed by atoms with Gasteiger partial charge < -0.3 is 0 Å². The molecule has 0 radical (unpaired) electrons.